The van der Waals surface area contributed by atoms with Crippen molar-refractivity contribution in [2.45, 2.75) is 19.3 Å². The van der Waals surface area contributed by atoms with E-state index >= 15 is 0 Å². The summed E-state index contributed by atoms with van der Waals surface area (Å²) in [6.45, 7) is 2.62. The summed E-state index contributed by atoms with van der Waals surface area (Å²) in [5.74, 6) is 1.92. The predicted octanol–water partition coefficient (Wildman–Crippen LogP) is 1.89. The molecule has 124 valence electrons. The van der Waals surface area contributed by atoms with Crippen LogP contribution >= 0.6 is 0 Å². The zero-order valence-electron chi connectivity index (χ0n) is 13.6. The Morgan fingerprint density at radius 3 is 2.54 bits per heavy atom. The lowest BCUT2D eigenvalue weighted by molar-refractivity contribution is -0.127. The maximum atomic E-state index is 11.8. The molecule has 0 atom stereocenters. The average Bonchev–Trinajstić information content (AvgIpc) is 2.53. The van der Waals surface area contributed by atoms with Gasteiger partial charge in [-0.1, -0.05) is 6.42 Å². The quantitative estimate of drug-likeness (QED) is 0.910. The van der Waals surface area contributed by atoms with E-state index in [9.17, 15) is 4.79 Å². The molecule has 1 aliphatic carbocycles. The second-order valence-corrected chi connectivity index (χ2v) is 6.66. The summed E-state index contributed by atoms with van der Waals surface area (Å²) in [7, 11) is 0. The number of anilines is 1. The average molecular weight is 323 g/mol. The minimum atomic E-state index is 0.237. The van der Waals surface area contributed by atoms with Gasteiger partial charge in [0.05, 0.1) is 5.69 Å². The van der Waals surface area contributed by atoms with Gasteiger partial charge in [-0.15, -0.1) is 10.2 Å². The van der Waals surface area contributed by atoms with E-state index in [0.29, 0.717) is 5.92 Å². The van der Waals surface area contributed by atoms with Gasteiger partial charge in [-0.3, -0.25) is 9.78 Å². The Labute approximate surface area is 141 Å². The van der Waals surface area contributed by atoms with Gasteiger partial charge in [0.25, 0.3) is 0 Å². The van der Waals surface area contributed by atoms with Crippen molar-refractivity contribution in [2.24, 2.45) is 11.8 Å². The highest BCUT2D eigenvalue weighted by Crippen LogP contribution is 2.27. The molecule has 0 spiro atoms. The third kappa shape index (κ3) is 3.09. The predicted molar refractivity (Wildman–Crippen MR) is 91.3 cm³/mol. The molecule has 2 aromatic rings. The van der Waals surface area contributed by atoms with Crippen LogP contribution in [0.3, 0.4) is 0 Å². The maximum absolute atomic E-state index is 11.8. The van der Waals surface area contributed by atoms with E-state index in [4.69, 9.17) is 0 Å². The van der Waals surface area contributed by atoms with Gasteiger partial charge in [-0.25, -0.2) is 0 Å². The smallest absolute Gasteiger partial charge is 0.223 e. The number of pyridine rings is 1. The number of nitrogens with zero attached hydrogens (tertiary/aromatic N) is 4. The molecule has 6 nitrogen and oxygen atoms in total. The zero-order chi connectivity index (χ0) is 16.4. The van der Waals surface area contributed by atoms with Gasteiger partial charge in [0, 0.05) is 49.4 Å². The van der Waals surface area contributed by atoms with Crippen molar-refractivity contribution < 1.29 is 4.79 Å². The third-order valence-corrected chi connectivity index (χ3v) is 4.95. The molecule has 2 aromatic heterocycles. The van der Waals surface area contributed by atoms with Gasteiger partial charge in [-0.2, -0.15) is 0 Å². The summed E-state index contributed by atoms with van der Waals surface area (Å²) in [5, 5.41) is 11.7. The minimum Gasteiger partial charge on any atom is -0.355 e. The van der Waals surface area contributed by atoms with Crippen molar-refractivity contribution in [3.63, 3.8) is 0 Å². The Kier molecular flexibility index (Phi) is 4.11. The van der Waals surface area contributed by atoms with Crippen LogP contribution in [-0.4, -0.2) is 40.7 Å². The number of nitrogens with one attached hydrogen (secondary N) is 1. The standard InChI is InChI=1S/C18H21N5O/c24-18(15-2-1-3-15)20-10-13-11-23(12-13)17-5-4-16(21-22-17)14-6-8-19-9-7-14/h4-9,13,15H,1-3,10-12H2,(H,20,24). The molecule has 0 radical (unpaired) electrons. The van der Waals surface area contributed by atoms with E-state index in [1.807, 2.05) is 24.3 Å². The molecule has 1 saturated carbocycles. The largest absolute Gasteiger partial charge is 0.355 e. The fourth-order valence-electron chi connectivity index (χ4n) is 3.12. The first-order valence-electron chi connectivity index (χ1n) is 8.56. The SMILES string of the molecule is O=C(NCC1CN(c2ccc(-c3ccncc3)nn2)C1)C1CCC1. The van der Waals surface area contributed by atoms with Crippen LogP contribution in [-0.2, 0) is 4.79 Å². The van der Waals surface area contributed by atoms with Crippen LogP contribution in [0.5, 0.6) is 0 Å². The lowest BCUT2D eigenvalue weighted by Crippen LogP contribution is -2.52. The summed E-state index contributed by atoms with van der Waals surface area (Å²) in [5.41, 5.74) is 1.87. The first-order chi connectivity index (χ1) is 11.8. The molecule has 1 amide bonds. The molecule has 1 saturated heterocycles. The topological polar surface area (TPSA) is 71.0 Å². The van der Waals surface area contributed by atoms with Crippen LogP contribution < -0.4 is 10.2 Å². The van der Waals surface area contributed by atoms with Gasteiger partial charge >= 0.3 is 0 Å². The summed E-state index contributed by atoms with van der Waals surface area (Å²) in [6.07, 6.45) is 6.82. The molecule has 0 aromatic carbocycles. The van der Waals surface area contributed by atoms with E-state index in [0.717, 1.165) is 49.6 Å². The molecule has 0 bridgehead atoms. The Balaban J connectivity index is 1.27. The van der Waals surface area contributed by atoms with Gasteiger partial charge < -0.3 is 10.2 Å². The van der Waals surface area contributed by atoms with Crippen molar-refractivity contribution in [3.05, 3.63) is 36.7 Å². The van der Waals surface area contributed by atoms with E-state index in [1.54, 1.807) is 12.4 Å². The highest BCUT2D eigenvalue weighted by atomic mass is 16.1. The van der Waals surface area contributed by atoms with Crippen LogP contribution in [0.2, 0.25) is 0 Å². The number of carbonyl (C=O) groups is 1. The molecule has 0 unspecified atom stereocenters. The molecular weight excluding hydrogens is 302 g/mol. The van der Waals surface area contributed by atoms with E-state index in [1.165, 1.54) is 6.42 Å². The molecule has 4 rings (SSSR count). The Morgan fingerprint density at radius 2 is 1.92 bits per heavy atom. The lowest BCUT2D eigenvalue weighted by atomic mass is 9.84. The second-order valence-electron chi connectivity index (χ2n) is 6.66. The number of hydrogen-bond acceptors (Lipinski definition) is 5. The molecular formula is C18H21N5O. The van der Waals surface area contributed by atoms with Crippen molar-refractivity contribution in [1.82, 2.24) is 20.5 Å². The van der Waals surface area contributed by atoms with Gasteiger partial charge in [-0.05, 0) is 37.1 Å². The number of aromatic nitrogens is 3. The summed E-state index contributed by atoms with van der Waals surface area (Å²) in [4.78, 5) is 18.1. The highest BCUT2D eigenvalue weighted by Gasteiger charge is 2.30. The number of hydrogen-bond donors (Lipinski definition) is 1. The second kappa shape index (κ2) is 6.55. The van der Waals surface area contributed by atoms with Crippen LogP contribution in [0.4, 0.5) is 5.82 Å². The van der Waals surface area contributed by atoms with Crippen LogP contribution in [0.15, 0.2) is 36.7 Å². The van der Waals surface area contributed by atoms with Gasteiger partial charge in [0.15, 0.2) is 5.82 Å². The van der Waals surface area contributed by atoms with Crippen LogP contribution in [0.1, 0.15) is 19.3 Å². The Bertz CT molecular complexity index is 693. The molecule has 2 aliphatic rings. The van der Waals surface area contributed by atoms with Crippen molar-refractivity contribution in [2.75, 3.05) is 24.5 Å². The van der Waals surface area contributed by atoms with Crippen molar-refractivity contribution >= 4 is 11.7 Å². The molecule has 6 heteroatoms. The fraction of sp³-hybridized carbons (Fsp3) is 0.444. The molecule has 2 fully saturated rings. The molecule has 1 aliphatic heterocycles. The normalized spacial score (nSPS) is 17.9. The number of amides is 1. The Hall–Kier alpha value is -2.50. The summed E-state index contributed by atoms with van der Waals surface area (Å²) in [6, 6.07) is 7.84. The highest BCUT2D eigenvalue weighted by molar-refractivity contribution is 5.79. The minimum absolute atomic E-state index is 0.237. The summed E-state index contributed by atoms with van der Waals surface area (Å²) < 4.78 is 0. The first kappa shape index (κ1) is 15.1. The van der Waals surface area contributed by atoms with E-state index in [2.05, 4.69) is 25.4 Å². The van der Waals surface area contributed by atoms with Crippen molar-refractivity contribution in [1.29, 1.82) is 0 Å². The molecule has 1 N–H and O–H groups in total. The molecule has 24 heavy (non-hydrogen) atoms. The molecule has 3 heterocycles. The van der Waals surface area contributed by atoms with E-state index < -0.39 is 0 Å². The van der Waals surface area contributed by atoms with Crippen molar-refractivity contribution in [3.8, 4) is 11.3 Å². The maximum Gasteiger partial charge on any atom is 0.223 e. The van der Waals surface area contributed by atoms with Gasteiger partial charge in [0.1, 0.15) is 0 Å². The summed E-state index contributed by atoms with van der Waals surface area (Å²) >= 11 is 0. The van der Waals surface area contributed by atoms with Crippen LogP contribution in [0, 0.1) is 11.8 Å². The monoisotopic (exact) mass is 323 g/mol. The lowest BCUT2D eigenvalue weighted by Gasteiger charge is -2.40. The van der Waals surface area contributed by atoms with E-state index in [-0.39, 0.29) is 11.8 Å². The zero-order valence-corrected chi connectivity index (χ0v) is 13.6. The fourth-order valence-corrected chi connectivity index (χ4v) is 3.12. The number of carbonyl (C=O) groups excluding carboxylic acids is 1. The Morgan fingerprint density at radius 1 is 1.12 bits per heavy atom. The third-order valence-electron chi connectivity index (χ3n) is 4.95. The van der Waals surface area contributed by atoms with Gasteiger partial charge in [0.2, 0.25) is 5.91 Å². The first-order valence-corrected chi connectivity index (χ1v) is 8.56. The number of rotatable bonds is 5. The van der Waals surface area contributed by atoms with Crippen LogP contribution in [0.25, 0.3) is 11.3 Å².